The highest BCUT2D eigenvalue weighted by Gasteiger charge is 2.40. The summed E-state index contributed by atoms with van der Waals surface area (Å²) in [5.41, 5.74) is 0.842. The van der Waals surface area contributed by atoms with Crippen LogP contribution in [0.2, 0.25) is 0 Å². The van der Waals surface area contributed by atoms with Crippen LogP contribution in [-0.4, -0.2) is 36.9 Å². The normalized spacial score (nSPS) is 18.4. The van der Waals surface area contributed by atoms with Crippen LogP contribution in [0.1, 0.15) is 58.9 Å². The molecule has 0 N–H and O–H groups in total. The van der Waals surface area contributed by atoms with E-state index in [0.717, 1.165) is 24.8 Å². The standard InChI is InChI=1S/C21H31NO4S/c1-6-7-8-9-19-18(20(23)26-21(3,4)5)14-15-22(19)27(24,25)17-12-10-16(2)11-13-17/h10-14,19H,6-9,15H2,1-5H3/t19-/m0/s1. The van der Waals surface area contributed by atoms with Gasteiger partial charge in [-0.05, 0) is 46.2 Å². The maximum Gasteiger partial charge on any atom is 0.335 e. The number of sulfonamides is 1. The molecule has 1 aliphatic rings. The third kappa shape index (κ3) is 5.42. The minimum absolute atomic E-state index is 0.196. The van der Waals surface area contributed by atoms with E-state index in [-0.39, 0.29) is 11.4 Å². The molecular weight excluding hydrogens is 362 g/mol. The van der Waals surface area contributed by atoms with Crippen LogP contribution in [0.4, 0.5) is 0 Å². The Bertz CT molecular complexity index is 788. The van der Waals surface area contributed by atoms with Gasteiger partial charge in [0.1, 0.15) is 5.60 Å². The second-order valence-electron chi connectivity index (χ2n) is 8.06. The Morgan fingerprint density at radius 2 is 1.81 bits per heavy atom. The Morgan fingerprint density at radius 1 is 1.19 bits per heavy atom. The lowest BCUT2D eigenvalue weighted by molar-refractivity contribution is -0.150. The smallest absolute Gasteiger partial charge is 0.335 e. The number of rotatable bonds is 7. The molecule has 0 aromatic heterocycles. The summed E-state index contributed by atoms with van der Waals surface area (Å²) in [4.78, 5) is 12.9. The molecule has 0 spiro atoms. The van der Waals surface area contributed by atoms with Crippen molar-refractivity contribution in [1.82, 2.24) is 4.31 Å². The summed E-state index contributed by atoms with van der Waals surface area (Å²) in [5.74, 6) is -0.425. The monoisotopic (exact) mass is 393 g/mol. The number of hydrogen-bond donors (Lipinski definition) is 0. The first-order valence-electron chi connectivity index (χ1n) is 9.58. The lowest BCUT2D eigenvalue weighted by Gasteiger charge is -2.27. The van der Waals surface area contributed by atoms with Crippen LogP contribution >= 0.6 is 0 Å². The first-order chi connectivity index (χ1) is 12.6. The third-order valence-electron chi connectivity index (χ3n) is 4.54. The average Bonchev–Trinajstić information content (AvgIpc) is 2.99. The molecule has 1 aliphatic heterocycles. The maximum absolute atomic E-state index is 13.2. The number of aryl methyl sites for hydroxylation is 1. The second-order valence-corrected chi connectivity index (χ2v) is 9.95. The molecule has 0 fully saturated rings. The molecular formula is C21H31NO4S. The van der Waals surface area contributed by atoms with Crippen molar-refractivity contribution in [2.75, 3.05) is 6.54 Å². The van der Waals surface area contributed by atoms with E-state index < -0.39 is 27.6 Å². The minimum atomic E-state index is -3.68. The van der Waals surface area contributed by atoms with Gasteiger partial charge >= 0.3 is 5.97 Å². The molecule has 1 aromatic carbocycles. The topological polar surface area (TPSA) is 63.7 Å². The van der Waals surface area contributed by atoms with Crippen molar-refractivity contribution in [3.8, 4) is 0 Å². The van der Waals surface area contributed by atoms with Crippen molar-refractivity contribution in [2.24, 2.45) is 0 Å². The molecule has 0 amide bonds. The molecule has 0 bridgehead atoms. The van der Waals surface area contributed by atoms with Crippen molar-refractivity contribution in [3.05, 3.63) is 41.5 Å². The number of unbranched alkanes of at least 4 members (excludes halogenated alkanes) is 2. The number of benzene rings is 1. The first-order valence-corrected chi connectivity index (χ1v) is 11.0. The lowest BCUT2D eigenvalue weighted by Crippen LogP contribution is -2.39. The highest BCUT2D eigenvalue weighted by molar-refractivity contribution is 7.89. The lowest BCUT2D eigenvalue weighted by atomic mass is 10.0. The quantitative estimate of drug-likeness (QED) is 0.514. The van der Waals surface area contributed by atoms with E-state index in [1.165, 1.54) is 4.31 Å². The largest absolute Gasteiger partial charge is 0.457 e. The Kier molecular flexibility index (Phi) is 6.87. The van der Waals surface area contributed by atoms with Gasteiger partial charge in [0.2, 0.25) is 10.0 Å². The molecule has 1 heterocycles. The zero-order valence-corrected chi connectivity index (χ0v) is 17.8. The van der Waals surface area contributed by atoms with Crippen molar-refractivity contribution < 1.29 is 17.9 Å². The molecule has 0 saturated carbocycles. The van der Waals surface area contributed by atoms with E-state index in [1.54, 1.807) is 30.3 Å². The fourth-order valence-corrected chi connectivity index (χ4v) is 4.74. The first kappa shape index (κ1) is 21.6. The van der Waals surface area contributed by atoms with Gasteiger partial charge in [0.25, 0.3) is 0 Å². The van der Waals surface area contributed by atoms with Gasteiger partial charge in [-0.25, -0.2) is 13.2 Å². The van der Waals surface area contributed by atoms with Crippen LogP contribution in [0, 0.1) is 6.92 Å². The zero-order valence-electron chi connectivity index (χ0n) is 17.0. The van der Waals surface area contributed by atoms with Gasteiger partial charge in [0, 0.05) is 6.54 Å². The maximum atomic E-state index is 13.2. The van der Waals surface area contributed by atoms with E-state index >= 15 is 0 Å². The zero-order chi connectivity index (χ0) is 20.2. The van der Waals surface area contributed by atoms with Crippen LogP contribution in [0.15, 0.2) is 40.8 Å². The Balaban J connectivity index is 2.30. The van der Waals surface area contributed by atoms with Crippen molar-refractivity contribution in [2.45, 2.75) is 76.8 Å². The van der Waals surface area contributed by atoms with Crippen LogP contribution in [0.3, 0.4) is 0 Å². The Labute approximate surface area is 163 Å². The summed E-state index contributed by atoms with van der Waals surface area (Å²) in [6.45, 7) is 9.65. The SMILES string of the molecule is CCCCC[C@H]1C(C(=O)OC(C)(C)C)=CCN1S(=O)(=O)c1ccc(C)cc1. The fraction of sp³-hybridized carbons (Fsp3) is 0.571. The van der Waals surface area contributed by atoms with Gasteiger partial charge in [-0.1, -0.05) is 50.0 Å². The molecule has 0 saturated heterocycles. The minimum Gasteiger partial charge on any atom is -0.457 e. The van der Waals surface area contributed by atoms with Gasteiger partial charge < -0.3 is 4.74 Å². The van der Waals surface area contributed by atoms with E-state index in [4.69, 9.17) is 4.74 Å². The predicted molar refractivity (Wildman–Crippen MR) is 107 cm³/mol. The summed E-state index contributed by atoms with van der Waals surface area (Å²) in [6.07, 6.45) is 5.21. The number of ether oxygens (including phenoxy) is 1. The number of carbonyl (C=O) groups excluding carboxylic acids is 1. The van der Waals surface area contributed by atoms with Gasteiger partial charge in [0.15, 0.2) is 0 Å². The number of esters is 1. The number of hydrogen-bond acceptors (Lipinski definition) is 4. The van der Waals surface area contributed by atoms with Crippen molar-refractivity contribution in [1.29, 1.82) is 0 Å². The summed E-state index contributed by atoms with van der Waals surface area (Å²) in [6, 6.07) is 6.35. The molecule has 0 radical (unpaired) electrons. The highest BCUT2D eigenvalue weighted by atomic mass is 32.2. The number of carbonyl (C=O) groups is 1. The van der Waals surface area contributed by atoms with Crippen molar-refractivity contribution >= 4 is 16.0 Å². The van der Waals surface area contributed by atoms with Gasteiger partial charge in [0.05, 0.1) is 16.5 Å². The van der Waals surface area contributed by atoms with E-state index in [0.29, 0.717) is 12.0 Å². The fourth-order valence-electron chi connectivity index (χ4n) is 3.16. The predicted octanol–water partition coefficient (Wildman–Crippen LogP) is 4.22. The summed E-state index contributed by atoms with van der Waals surface area (Å²) in [5, 5.41) is 0. The molecule has 0 aliphatic carbocycles. The molecule has 150 valence electrons. The van der Waals surface area contributed by atoms with Crippen LogP contribution in [-0.2, 0) is 19.6 Å². The summed E-state index contributed by atoms with van der Waals surface area (Å²) < 4.78 is 33.3. The van der Waals surface area contributed by atoms with Crippen LogP contribution in [0.25, 0.3) is 0 Å². The second kappa shape index (κ2) is 8.57. The van der Waals surface area contributed by atoms with Gasteiger partial charge in [-0.15, -0.1) is 0 Å². The Hall–Kier alpha value is -1.66. The number of nitrogens with zero attached hydrogens (tertiary/aromatic N) is 1. The Morgan fingerprint density at radius 3 is 2.37 bits per heavy atom. The van der Waals surface area contributed by atoms with E-state index in [9.17, 15) is 13.2 Å². The molecule has 6 heteroatoms. The third-order valence-corrected chi connectivity index (χ3v) is 6.43. The van der Waals surface area contributed by atoms with Gasteiger partial charge in [-0.2, -0.15) is 4.31 Å². The van der Waals surface area contributed by atoms with Crippen LogP contribution in [0.5, 0.6) is 0 Å². The highest BCUT2D eigenvalue weighted by Crippen LogP contribution is 2.31. The molecule has 5 nitrogen and oxygen atoms in total. The van der Waals surface area contributed by atoms with Crippen LogP contribution < -0.4 is 0 Å². The molecule has 0 unspecified atom stereocenters. The molecule has 1 aromatic rings. The molecule has 2 rings (SSSR count). The van der Waals surface area contributed by atoms with Crippen molar-refractivity contribution in [3.63, 3.8) is 0 Å². The summed E-state index contributed by atoms with van der Waals surface area (Å²) in [7, 11) is -3.68. The van der Waals surface area contributed by atoms with E-state index in [2.05, 4.69) is 6.92 Å². The van der Waals surface area contributed by atoms with Gasteiger partial charge in [-0.3, -0.25) is 0 Å². The van der Waals surface area contributed by atoms with E-state index in [1.807, 2.05) is 27.7 Å². The summed E-state index contributed by atoms with van der Waals surface area (Å²) >= 11 is 0. The average molecular weight is 394 g/mol. The molecule has 27 heavy (non-hydrogen) atoms. The molecule has 1 atom stereocenters.